The monoisotopic (exact) mass is 343 g/mol. The molecule has 0 aliphatic carbocycles. The maximum Gasteiger partial charge on any atom is 0.191 e. The quantitative estimate of drug-likeness (QED) is 0.435. The highest BCUT2D eigenvalue weighted by Crippen LogP contribution is 2.18. The fraction of sp³-hybridized carbons (Fsp3) is 0.316. The number of nitrogens with one attached hydrogen (secondary N) is 2. The molecule has 1 aromatic carbocycles. The van der Waals surface area contributed by atoms with Gasteiger partial charge >= 0.3 is 0 Å². The van der Waals surface area contributed by atoms with E-state index in [1.165, 1.54) is 5.56 Å². The Hall–Kier alpha value is -2.27. The van der Waals surface area contributed by atoms with Gasteiger partial charge in [0.2, 0.25) is 0 Å². The number of benzene rings is 1. The summed E-state index contributed by atoms with van der Waals surface area (Å²) in [4.78, 5) is 4.29. The highest BCUT2D eigenvalue weighted by atomic mass is 32.1. The molecule has 2 aromatic rings. The Balaban J connectivity index is 1.86. The van der Waals surface area contributed by atoms with Gasteiger partial charge in [-0.05, 0) is 34.4 Å². The maximum absolute atomic E-state index is 5.68. The Bertz CT molecular complexity index is 652. The van der Waals surface area contributed by atoms with Gasteiger partial charge < -0.3 is 15.4 Å². The van der Waals surface area contributed by atoms with Crippen LogP contribution in [0.15, 0.2) is 58.7 Å². The largest absolute Gasteiger partial charge is 0.489 e. The van der Waals surface area contributed by atoms with Crippen molar-refractivity contribution in [2.75, 3.05) is 20.2 Å². The topological polar surface area (TPSA) is 45.6 Å². The first kappa shape index (κ1) is 18.1. The second kappa shape index (κ2) is 9.78. The van der Waals surface area contributed by atoms with E-state index in [0.717, 1.165) is 23.8 Å². The zero-order valence-corrected chi connectivity index (χ0v) is 15.1. The molecular formula is C19H25N3OS. The zero-order chi connectivity index (χ0) is 17.2. The Labute approximate surface area is 148 Å². The second-order valence-electron chi connectivity index (χ2n) is 5.47. The third-order valence-electron chi connectivity index (χ3n) is 3.69. The van der Waals surface area contributed by atoms with Crippen LogP contribution in [0.25, 0.3) is 0 Å². The summed E-state index contributed by atoms with van der Waals surface area (Å²) in [6.45, 7) is 7.89. The van der Waals surface area contributed by atoms with E-state index in [4.69, 9.17) is 4.74 Å². The smallest absolute Gasteiger partial charge is 0.191 e. The SMILES string of the molecule is C=CCOc1ccccc1CNC(=NC)NCC(C)c1ccsc1. The first-order valence-electron chi connectivity index (χ1n) is 8.02. The van der Waals surface area contributed by atoms with Crippen LogP contribution in [0, 0.1) is 0 Å². The van der Waals surface area contributed by atoms with Gasteiger partial charge in [-0.3, -0.25) is 4.99 Å². The molecule has 1 atom stereocenters. The summed E-state index contributed by atoms with van der Waals surface area (Å²) in [6, 6.07) is 10.2. The summed E-state index contributed by atoms with van der Waals surface area (Å²) in [5, 5.41) is 11.0. The number of rotatable bonds is 8. The molecule has 0 aliphatic rings. The van der Waals surface area contributed by atoms with E-state index in [0.29, 0.717) is 19.1 Å². The van der Waals surface area contributed by atoms with E-state index < -0.39 is 0 Å². The molecule has 2 N–H and O–H groups in total. The molecule has 0 bridgehead atoms. The fourth-order valence-electron chi connectivity index (χ4n) is 2.26. The van der Waals surface area contributed by atoms with Crippen LogP contribution in [0.2, 0.25) is 0 Å². The molecule has 0 amide bonds. The van der Waals surface area contributed by atoms with Crippen LogP contribution >= 0.6 is 11.3 Å². The fourth-order valence-corrected chi connectivity index (χ4v) is 3.04. The number of thiophene rings is 1. The van der Waals surface area contributed by atoms with Crippen molar-refractivity contribution in [2.24, 2.45) is 4.99 Å². The molecule has 1 heterocycles. The Kier molecular flexibility index (Phi) is 7.36. The van der Waals surface area contributed by atoms with Crippen LogP contribution in [-0.4, -0.2) is 26.2 Å². The number of guanidine groups is 1. The van der Waals surface area contributed by atoms with Crippen LogP contribution < -0.4 is 15.4 Å². The molecule has 0 spiro atoms. The van der Waals surface area contributed by atoms with Gasteiger partial charge in [0.15, 0.2) is 5.96 Å². The van der Waals surface area contributed by atoms with Crippen LogP contribution in [0.1, 0.15) is 24.0 Å². The molecule has 0 saturated heterocycles. The third-order valence-corrected chi connectivity index (χ3v) is 4.39. The minimum Gasteiger partial charge on any atom is -0.489 e. The predicted octanol–water partition coefficient (Wildman–Crippen LogP) is 3.78. The average Bonchev–Trinajstić information content (AvgIpc) is 3.15. The number of nitrogens with zero attached hydrogens (tertiary/aromatic N) is 1. The normalized spacial score (nSPS) is 12.5. The molecule has 128 valence electrons. The molecular weight excluding hydrogens is 318 g/mol. The highest BCUT2D eigenvalue weighted by Gasteiger charge is 2.08. The molecule has 0 aliphatic heterocycles. The van der Waals surface area contributed by atoms with E-state index in [9.17, 15) is 0 Å². The van der Waals surface area contributed by atoms with E-state index in [2.05, 4.69) is 46.0 Å². The van der Waals surface area contributed by atoms with Gasteiger partial charge in [0.25, 0.3) is 0 Å². The summed E-state index contributed by atoms with van der Waals surface area (Å²) >= 11 is 1.73. The molecule has 4 nitrogen and oxygen atoms in total. The summed E-state index contributed by atoms with van der Waals surface area (Å²) < 4.78 is 5.68. The number of hydrogen-bond acceptors (Lipinski definition) is 3. The van der Waals surface area contributed by atoms with Crippen LogP contribution in [-0.2, 0) is 6.54 Å². The van der Waals surface area contributed by atoms with Crippen LogP contribution in [0.4, 0.5) is 0 Å². The zero-order valence-electron chi connectivity index (χ0n) is 14.3. The van der Waals surface area contributed by atoms with Crippen molar-refractivity contribution < 1.29 is 4.74 Å². The number of aliphatic imine (C=N–C) groups is 1. The molecule has 1 unspecified atom stereocenters. The van der Waals surface area contributed by atoms with Gasteiger partial charge in [-0.2, -0.15) is 11.3 Å². The van der Waals surface area contributed by atoms with E-state index in [1.807, 2.05) is 24.3 Å². The molecule has 0 radical (unpaired) electrons. The molecule has 2 rings (SSSR count). The van der Waals surface area contributed by atoms with Gasteiger partial charge in [-0.15, -0.1) is 0 Å². The summed E-state index contributed by atoms with van der Waals surface area (Å²) in [5.41, 5.74) is 2.44. The van der Waals surface area contributed by atoms with Gasteiger partial charge in [0.1, 0.15) is 12.4 Å². The van der Waals surface area contributed by atoms with Crippen molar-refractivity contribution in [1.82, 2.24) is 10.6 Å². The number of ether oxygens (including phenoxy) is 1. The first-order valence-corrected chi connectivity index (χ1v) is 8.97. The van der Waals surface area contributed by atoms with Crippen molar-refractivity contribution in [3.05, 3.63) is 64.9 Å². The maximum atomic E-state index is 5.68. The van der Waals surface area contributed by atoms with E-state index >= 15 is 0 Å². The van der Waals surface area contributed by atoms with Crippen LogP contribution in [0.5, 0.6) is 5.75 Å². The number of para-hydroxylation sites is 1. The van der Waals surface area contributed by atoms with E-state index in [-0.39, 0.29) is 0 Å². The van der Waals surface area contributed by atoms with E-state index in [1.54, 1.807) is 24.5 Å². The van der Waals surface area contributed by atoms with Gasteiger partial charge in [-0.1, -0.05) is 37.8 Å². The predicted molar refractivity (Wildman–Crippen MR) is 103 cm³/mol. The minimum atomic E-state index is 0.443. The first-order chi connectivity index (χ1) is 11.7. The lowest BCUT2D eigenvalue weighted by Crippen LogP contribution is -2.38. The lowest BCUT2D eigenvalue weighted by Gasteiger charge is -2.16. The van der Waals surface area contributed by atoms with Crippen molar-refractivity contribution in [2.45, 2.75) is 19.4 Å². The van der Waals surface area contributed by atoms with Gasteiger partial charge in [-0.25, -0.2) is 0 Å². The lowest BCUT2D eigenvalue weighted by molar-refractivity contribution is 0.358. The summed E-state index contributed by atoms with van der Waals surface area (Å²) in [6.07, 6.45) is 1.75. The van der Waals surface area contributed by atoms with Gasteiger partial charge in [0, 0.05) is 25.7 Å². The van der Waals surface area contributed by atoms with Crippen molar-refractivity contribution in [3.63, 3.8) is 0 Å². The standard InChI is InChI=1S/C19H25N3OS/c1-4-10-23-18-8-6-5-7-16(18)13-22-19(20-3)21-12-15(2)17-9-11-24-14-17/h4-9,11,14-15H,1,10,12-13H2,2-3H3,(H2,20,21,22). The van der Waals surface area contributed by atoms with Crippen molar-refractivity contribution >= 4 is 17.3 Å². The average molecular weight is 343 g/mol. The third kappa shape index (κ3) is 5.42. The molecule has 0 saturated carbocycles. The van der Waals surface area contributed by atoms with Crippen molar-refractivity contribution in [3.8, 4) is 5.75 Å². The molecule has 1 aromatic heterocycles. The summed E-state index contributed by atoms with van der Waals surface area (Å²) in [5.74, 6) is 2.10. The molecule has 5 heteroatoms. The highest BCUT2D eigenvalue weighted by molar-refractivity contribution is 7.07. The Morgan fingerprint density at radius 3 is 2.88 bits per heavy atom. The Morgan fingerprint density at radius 1 is 1.33 bits per heavy atom. The van der Waals surface area contributed by atoms with Crippen molar-refractivity contribution in [1.29, 1.82) is 0 Å². The summed E-state index contributed by atoms with van der Waals surface area (Å²) in [7, 11) is 1.78. The second-order valence-corrected chi connectivity index (χ2v) is 6.25. The number of hydrogen-bond donors (Lipinski definition) is 2. The van der Waals surface area contributed by atoms with Crippen LogP contribution in [0.3, 0.4) is 0 Å². The van der Waals surface area contributed by atoms with Gasteiger partial charge in [0.05, 0.1) is 0 Å². The lowest BCUT2D eigenvalue weighted by atomic mass is 10.1. The minimum absolute atomic E-state index is 0.443. The molecule has 24 heavy (non-hydrogen) atoms. The Morgan fingerprint density at radius 2 is 2.17 bits per heavy atom. The molecule has 0 fully saturated rings.